The summed E-state index contributed by atoms with van der Waals surface area (Å²) in [5.41, 5.74) is 0. The minimum Gasteiger partial charge on any atom is -0.103 e. The fourth-order valence-electron chi connectivity index (χ4n) is 7.04. The van der Waals surface area contributed by atoms with Crippen LogP contribution in [0.1, 0.15) is 129 Å². The normalized spacial score (nSPS) is 36.9. The van der Waals surface area contributed by atoms with Gasteiger partial charge in [0.1, 0.15) is 0 Å². The molecule has 3 fully saturated rings. The van der Waals surface area contributed by atoms with Gasteiger partial charge in [0, 0.05) is 0 Å². The van der Waals surface area contributed by atoms with Crippen LogP contribution in [-0.2, 0) is 0 Å². The fourth-order valence-corrected chi connectivity index (χ4v) is 7.04. The van der Waals surface area contributed by atoms with Crippen molar-refractivity contribution >= 4 is 0 Å². The first kappa shape index (κ1) is 22.4. The molecule has 28 heavy (non-hydrogen) atoms. The van der Waals surface area contributed by atoms with Gasteiger partial charge >= 0.3 is 0 Å². The van der Waals surface area contributed by atoms with Gasteiger partial charge in [0.25, 0.3) is 0 Å². The molecule has 0 saturated heterocycles. The molecule has 0 spiro atoms. The van der Waals surface area contributed by atoms with Crippen LogP contribution in [0.5, 0.6) is 0 Å². The Kier molecular flexibility index (Phi) is 9.96. The minimum atomic E-state index is 1.02. The predicted molar refractivity (Wildman–Crippen MR) is 125 cm³/mol. The highest BCUT2D eigenvalue weighted by molar-refractivity contribution is 4.82. The Hall–Kier alpha value is -0.260. The Morgan fingerprint density at radius 3 is 1.39 bits per heavy atom. The molecule has 0 amide bonds. The van der Waals surface area contributed by atoms with Crippen LogP contribution in [0.15, 0.2) is 12.7 Å². The number of allylic oxidation sites excluding steroid dienone is 1. The third-order valence-electron chi connectivity index (χ3n) is 9.25. The van der Waals surface area contributed by atoms with Crippen molar-refractivity contribution in [1.29, 1.82) is 0 Å². The van der Waals surface area contributed by atoms with Crippen LogP contribution in [0.25, 0.3) is 0 Å². The van der Waals surface area contributed by atoms with E-state index < -0.39 is 0 Å². The quantitative estimate of drug-likeness (QED) is 0.259. The van der Waals surface area contributed by atoms with Gasteiger partial charge in [-0.3, -0.25) is 0 Å². The van der Waals surface area contributed by atoms with Crippen molar-refractivity contribution < 1.29 is 0 Å². The molecule has 0 aromatic rings. The van der Waals surface area contributed by atoms with Crippen molar-refractivity contribution in [3.63, 3.8) is 0 Å². The molecule has 0 aromatic carbocycles. The van der Waals surface area contributed by atoms with E-state index in [-0.39, 0.29) is 0 Å². The molecule has 0 heteroatoms. The van der Waals surface area contributed by atoms with Crippen molar-refractivity contribution in [3.05, 3.63) is 12.7 Å². The molecular formula is C28H50. The van der Waals surface area contributed by atoms with Crippen molar-refractivity contribution in [3.8, 4) is 0 Å². The first-order valence-electron chi connectivity index (χ1n) is 13.4. The smallest absolute Gasteiger partial charge is 0.0351 e. The van der Waals surface area contributed by atoms with Crippen LogP contribution in [0, 0.1) is 35.5 Å². The van der Waals surface area contributed by atoms with Crippen LogP contribution in [0.4, 0.5) is 0 Å². The maximum atomic E-state index is 3.88. The molecule has 3 aliphatic carbocycles. The van der Waals surface area contributed by atoms with E-state index in [0.717, 1.165) is 35.5 Å². The fraction of sp³-hybridized carbons (Fsp3) is 0.929. The summed E-state index contributed by atoms with van der Waals surface area (Å²) in [5, 5.41) is 0. The van der Waals surface area contributed by atoms with Crippen molar-refractivity contribution in [1.82, 2.24) is 0 Å². The Bertz CT molecular complexity index is 400. The van der Waals surface area contributed by atoms with Crippen LogP contribution < -0.4 is 0 Å². The molecule has 3 saturated carbocycles. The topological polar surface area (TPSA) is 0 Å². The van der Waals surface area contributed by atoms with Crippen molar-refractivity contribution in [2.75, 3.05) is 0 Å². The standard InChI is InChI=1S/C28H50/c1-3-5-8-24-11-13-25(14-12-24)9-6-7-10-26-17-21-28(22-18-26)27-19-15-23(4-2)16-20-27/h3,23-28H,1,4-22H2,2H3/t23-,24-,25-,26?,27-,28?. The molecule has 0 nitrogen and oxygen atoms in total. The molecule has 0 bridgehead atoms. The Balaban J connectivity index is 1.20. The zero-order valence-corrected chi connectivity index (χ0v) is 19.2. The molecule has 0 aliphatic heterocycles. The number of unbranched alkanes of at least 4 members (excludes halogenated alkanes) is 1. The highest BCUT2D eigenvalue weighted by Crippen LogP contribution is 2.43. The van der Waals surface area contributed by atoms with Crippen molar-refractivity contribution in [2.24, 2.45) is 35.5 Å². The molecular weight excluding hydrogens is 336 g/mol. The second-order valence-corrected chi connectivity index (χ2v) is 11.0. The zero-order chi connectivity index (χ0) is 19.6. The third kappa shape index (κ3) is 7.21. The largest absolute Gasteiger partial charge is 0.103 e. The molecule has 0 heterocycles. The van der Waals surface area contributed by atoms with Gasteiger partial charge in [0.15, 0.2) is 0 Å². The Morgan fingerprint density at radius 1 is 0.571 bits per heavy atom. The lowest BCUT2D eigenvalue weighted by Crippen LogP contribution is -2.25. The summed E-state index contributed by atoms with van der Waals surface area (Å²) in [6.07, 6.45) is 30.8. The highest BCUT2D eigenvalue weighted by Gasteiger charge is 2.30. The van der Waals surface area contributed by atoms with Gasteiger partial charge in [-0.15, -0.1) is 6.58 Å². The SMILES string of the molecule is C=CCC[C@H]1CC[C@H](CCCCC2CCC([C@H]3CC[C@H](CC)CC3)CC2)CC1. The molecule has 3 rings (SSSR count). The molecule has 0 N–H and O–H groups in total. The van der Waals surface area contributed by atoms with Gasteiger partial charge in [-0.05, 0) is 74.0 Å². The van der Waals surface area contributed by atoms with Gasteiger partial charge in [0.2, 0.25) is 0 Å². The minimum absolute atomic E-state index is 1.02. The average molecular weight is 387 g/mol. The maximum Gasteiger partial charge on any atom is -0.0351 e. The Morgan fingerprint density at radius 2 is 0.964 bits per heavy atom. The summed E-state index contributed by atoms with van der Waals surface area (Å²) in [7, 11) is 0. The van der Waals surface area contributed by atoms with Crippen molar-refractivity contribution in [2.45, 2.75) is 129 Å². The number of hydrogen-bond acceptors (Lipinski definition) is 0. The van der Waals surface area contributed by atoms with E-state index in [4.69, 9.17) is 0 Å². The van der Waals surface area contributed by atoms with Gasteiger partial charge in [-0.25, -0.2) is 0 Å². The molecule has 0 aromatic heterocycles. The second kappa shape index (κ2) is 12.4. The Labute approximate surface area is 177 Å². The van der Waals surface area contributed by atoms with Gasteiger partial charge in [-0.1, -0.05) is 96.5 Å². The first-order valence-corrected chi connectivity index (χ1v) is 13.4. The lowest BCUT2D eigenvalue weighted by atomic mass is 9.68. The summed E-state index contributed by atoms with van der Waals surface area (Å²) >= 11 is 0. The van der Waals surface area contributed by atoms with Gasteiger partial charge in [0.05, 0.1) is 0 Å². The van der Waals surface area contributed by atoms with E-state index in [0.29, 0.717) is 0 Å². The van der Waals surface area contributed by atoms with Crippen LogP contribution in [0.3, 0.4) is 0 Å². The average Bonchev–Trinajstić information content (AvgIpc) is 2.76. The first-order chi connectivity index (χ1) is 13.8. The van der Waals surface area contributed by atoms with Gasteiger partial charge < -0.3 is 0 Å². The predicted octanol–water partition coefficient (Wildman–Crippen LogP) is 9.34. The summed E-state index contributed by atoms with van der Waals surface area (Å²) in [5.74, 6) is 6.43. The number of rotatable bonds is 10. The molecule has 0 unspecified atom stereocenters. The zero-order valence-electron chi connectivity index (χ0n) is 19.2. The number of hydrogen-bond donors (Lipinski definition) is 0. The third-order valence-corrected chi connectivity index (χ3v) is 9.25. The molecule has 0 radical (unpaired) electrons. The van der Waals surface area contributed by atoms with Crippen LogP contribution in [-0.4, -0.2) is 0 Å². The summed E-state index contributed by atoms with van der Waals surface area (Å²) in [6, 6.07) is 0. The maximum absolute atomic E-state index is 3.88. The van der Waals surface area contributed by atoms with E-state index >= 15 is 0 Å². The van der Waals surface area contributed by atoms with E-state index in [1.54, 1.807) is 44.9 Å². The molecule has 162 valence electrons. The molecule has 3 aliphatic rings. The monoisotopic (exact) mass is 386 g/mol. The molecule has 0 atom stereocenters. The van der Waals surface area contributed by atoms with Crippen LogP contribution >= 0.6 is 0 Å². The lowest BCUT2D eigenvalue weighted by molar-refractivity contribution is 0.141. The summed E-state index contributed by atoms with van der Waals surface area (Å²) in [4.78, 5) is 0. The lowest BCUT2D eigenvalue weighted by Gasteiger charge is -2.37. The van der Waals surface area contributed by atoms with E-state index in [9.17, 15) is 0 Å². The van der Waals surface area contributed by atoms with E-state index in [1.165, 1.54) is 77.0 Å². The van der Waals surface area contributed by atoms with E-state index in [1.807, 2.05) is 0 Å². The van der Waals surface area contributed by atoms with Gasteiger partial charge in [-0.2, -0.15) is 0 Å². The van der Waals surface area contributed by atoms with Crippen LogP contribution in [0.2, 0.25) is 0 Å². The summed E-state index contributed by atoms with van der Waals surface area (Å²) < 4.78 is 0. The van der Waals surface area contributed by atoms with E-state index in [2.05, 4.69) is 19.6 Å². The second-order valence-electron chi connectivity index (χ2n) is 11.0. The summed E-state index contributed by atoms with van der Waals surface area (Å²) in [6.45, 7) is 6.28. The highest BCUT2D eigenvalue weighted by atomic mass is 14.4.